The van der Waals surface area contributed by atoms with Gasteiger partial charge in [-0.15, -0.1) is 0 Å². The highest BCUT2D eigenvalue weighted by Crippen LogP contribution is 2.20. The lowest BCUT2D eigenvalue weighted by Crippen LogP contribution is -2.22. The Morgan fingerprint density at radius 2 is 2.09 bits per heavy atom. The van der Waals surface area contributed by atoms with Gasteiger partial charge in [0.25, 0.3) is 0 Å². The van der Waals surface area contributed by atoms with E-state index in [4.69, 9.17) is 14.6 Å². The van der Waals surface area contributed by atoms with Crippen LogP contribution in [0.15, 0.2) is 6.20 Å². The van der Waals surface area contributed by atoms with E-state index >= 15 is 0 Å². The van der Waals surface area contributed by atoms with E-state index in [0.717, 1.165) is 24.4 Å². The topological polar surface area (TPSA) is 73.6 Å². The first-order valence-corrected chi connectivity index (χ1v) is 11.5. The van der Waals surface area contributed by atoms with Gasteiger partial charge in [-0.1, -0.05) is 33.0 Å². The number of carboxylic acids is 1. The maximum absolute atomic E-state index is 10.6. The molecule has 0 aliphatic carbocycles. The van der Waals surface area contributed by atoms with Gasteiger partial charge < -0.3 is 14.6 Å². The number of hydrogen-bond donors (Lipinski definition) is 1. The third-order valence-electron chi connectivity index (χ3n) is 3.15. The number of ether oxygens (including phenoxy) is 2. The third kappa shape index (κ3) is 7.08. The van der Waals surface area contributed by atoms with Gasteiger partial charge in [0.05, 0.1) is 12.6 Å². The minimum atomic E-state index is -1.10. The van der Waals surface area contributed by atoms with Gasteiger partial charge in [0, 0.05) is 20.2 Å². The van der Waals surface area contributed by atoms with Crippen LogP contribution >= 0.6 is 0 Å². The van der Waals surface area contributed by atoms with Crippen molar-refractivity contribution in [1.82, 2.24) is 9.78 Å². The zero-order chi connectivity index (χ0) is 16.6. The Kier molecular flexibility index (Phi) is 7.61. The second-order valence-electron chi connectivity index (χ2n) is 6.56. The number of aromatic nitrogens is 2. The van der Waals surface area contributed by atoms with E-state index < -0.39 is 14.0 Å². The van der Waals surface area contributed by atoms with Crippen LogP contribution in [0.2, 0.25) is 25.7 Å². The normalized spacial score (nSPS) is 11.6. The lowest BCUT2D eigenvalue weighted by atomic mass is 10.2. The van der Waals surface area contributed by atoms with E-state index in [2.05, 4.69) is 31.7 Å². The summed E-state index contributed by atoms with van der Waals surface area (Å²) in [6.45, 7) is 10.2. The number of hydrogen-bond acceptors (Lipinski definition) is 4. The second kappa shape index (κ2) is 8.95. The fourth-order valence-corrected chi connectivity index (χ4v) is 2.63. The van der Waals surface area contributed by atoms with Gasteiger partial charge >= 0.3 is 5.97 Å². The smallest absolute Gasteiger partial charge is 0.306 e. The minimum Gasteiger partial charge on any atom is -0.481 e. The average Bonchev–Trinajstić information content (AvgIpc) is 2.77. The number of carbonyl (C=O) groups is 1. The Morgan fingerprint density at radius 1 is 1.36 bits per heavy atom. The zero-order valence-electron chi connectivity index (χ0n) is 14.1. The minimum absolute atomic E-state index is 0.0206. The fraction of sp³-hybridized carbons (Fsp3) is 0.733. The number of aryl methyl sites for hydroxylation is 1. The molecule has 0 fully saturated rings. The highest BCUT2D eigenvalue weighted by Gasteiger charge is 2.14. The molecule has 0 unspecified atom stereocenters. The standard InChI is InChI=1S/C15H28N2O4Si/c1-5-6-13-11-16-17(12-20-9-10-22(2,3)4)15(13)21-8-7-14(18)19/h11H,5-10,12H2,1-4H3,(H,18,19). The SMILES string of the molecule is CCCc1cnn(COCC[Si](C)(C)C)c1OCCC(=O)O. The Morgan fingerprint density at radius 3 is 2.68 bits per heavy atom. The molecule has 0 aromatic carbocycles. The van der Waals surface area contributed by atoms with Crippen LogP contribution in [-0.4, -0.2) is 42.1 Å². The fourth-order valence-electron chi connectivity index (χ4n) is 1.88. The van der Waals surface area contributed by atoms with E-state index in [1.807, 2.05) is 0 Å². The molecule has 0 bridgehead atoms. The third-order valence-corrected chi connectivity index (χ3v) is 4.85. The van der Waals surface area contributed by atoms with Crippen molar-refractivity contribution in [1.29, 1.82) is 0 Å². The van der Waals surface area contributed by atoms with Crippen LogP contribution in [0, 0.1) is 0 Å². The Hall–Kier alpha value is -1.34. The van der Waals surface area contributed by atoms with Crippen LogP contribution in [0.3, 0.4) is 0 Å². The molecular weight excluding hydrogens is 300 g/mol. The van der Waals surface area contributed by atoms with Crippen LogP contribution in [0.1, 0.15) is 25.3 Å². The summed E-state index contributed by atoms with van der Waals surface area (Å²) in [5, 5.41) is 13.0. The first-order chi connectivity index (χ1) is 10.3. The summed E-state index contributed by atoms with van der Waals surface area (Å²) >= 11 is 0. The number of aliphatic carboxylic acids is 1. The lowest BCUT2D eigenvalue weighted by Gasteiger charge is -2.16. The van der Waals surface area contributed by atoms with E-state index in [1.54, 1.807) is 10.9 Å². The van der Waals surface area contributed by atoms with Gasteiger partial charge in [-0.2, -0.15) is 5.10 Å². The van der Waals surface area contributed by atoms with Crippen LogP contribution < -0.4 is 4.74 Å². The van der Waals surface area contributed by atoms with Crippen molar-refractivity contribution in [3.63, 3.8) is 0 Å². The van der Waals surface area contributed by atoms with Gasteiger partial charge in [-0.3, -0.25) is 4.79 Å². The van der Waals surface area contributed by atoms with E-state index in [-0.39, 0.29) is 13.0 Å². The van der Waals surface area contributed by atoms with Crippen LogP contribution in [0.25, 0.3) is 0 Å². The largest absolute Gasteiger partial charge is 0.481 e. The summed E-state index contributed by atoms with van der Waals surface area (Å²) in [4.78, 5) is 10.6. The summed E-state index contributed by atoms with van der Waals surface area (Å²) in [7, 11) is -1.10. The van der Waals surface area contributed by atoms with Gasteiger partial charge in [0.15, 0.2) is 0 Å². The summed E-state index contributed by atoms with van der Waals surface area (Å²) in [6, 6.07) is 1.10. The monoisotopic (exact) mass is 328 g/mol. The molecule has 6 nitrogen and oxygen atoms in total. The number of carboxylic acid groups (broad SMARTS) is 1. The molecule has 1 aromatic rings. The molecule has 0 atom stereocenters. The van der Waals surface area contributed by atoms with Gasteiger partial charge in [-0.05, 0) is 12.5 Å². The molecular formula is C15H28N2O4Si. The van der Waals surface area contributed by atoms with E-state index in [9.17, 15) is 4.79 Å². The first-order valence-electron chi connectivity index (χ1n) is 7.80. The zero-order valence-corrected chi connectivity index (χ0v) is 15.1. The molecule has 0 radical (unpaired) electrons. The van der Waals surface area contributed by atoms with Crippen LogP contribution in [-0.2, 0) is 22.7 Å². The van der Waals surface area contributed by atoms with Crippen molar-refractivity contribution in [2.75, 3.05) is 13.2 Å². The van der Waals surface area contributed by atoms with E-state index in [0.29, 0.717) is 19.2 Å². The maximum atomic E-state index is 10.6. The highest BCUT2D eigenvalue weighted by molar-refractivity contribution is 6.76. The first kappa shape index (κ1) is 18.7. The van der Waals surface area contributed by atoms with Crippen molar-refractivity contribution in [3.05, 3.63) is 11.8 Å². The van der Waals surface area contributed by atoms with Gasteiger partial charge in [0.2, 0.25) is 5.88 Å². The van der Waals surface area contributed by atoms with Gasteiger partial charge in [-0.25, -0.2) is 4.68 Å². The Labute approximate surface area is 133 Å². The summed E-state index contributed by atoms with van der Waals surface area (Å²) in [5.41, 5.74) is 1.00. The van der Waals surface area contributed by atoms with Crippen molar-refractivity contribution in [2.24, 2.45) is 0 Å². The average molecular weight is 328 g/mol. The van der Waals surface area contributed by atoms with Crippen molar-refractivity contribution < 1.29 is 19.4 Å². The molecule has 7 heteroatoms. The molecule has 1 aromatic heterocycles. The van der Waals surface area contributed by atoms with Crippen molar-refractivity contribution in [3.8, 4) is 5.88 Å². The molecule has 0 aliphatic rings. The van der Waals surface area contributed by atoms with Gasteiger partial charge in [0.1, 0.15) is 13.3 Å². The van der Waals surface area contributed by atoms with Crippen LogP contribution in [0.4, 0.5) is 0 Å². The maximum Gasteiger partial charge on any atom is 0.306 e. The highest BCUT2D eigenvalue weighted by atomic mass is 28.3. The Balaban J connectivity index is 2.58. The summed E-state index contributed by atoms with van der Waals surface area (Å²) < 4.78 is 13.0. The molecule has 1 N–H and O–H groups in total. The van der Waals surface area contributed by atoms with Crippen molar-refractivity contribution in [2.45, 2.75) is 58.6 Å². The molecule has 0 saturated heterocycles. The summed E-state index contributed by atoms with van der Waals surface area (Å²) in [5.74, 6) is -0.231. The number of rotatable bonds is 11. The molecule has 22 heavy (non-hydrogen) atoms. The van der Waals surface area contributed by atoms with Crippen LogP contribution in [0.5, 0.6) is 5.88 Å². The Bertz CT molecular complexity index is 469. The number of nitrogens with zero attached hydrogens (tertiary/aromatic N) is 2. The molecule has 126 valence electrons. The predicted molar refractivity (Wildman–Crippen MR) is 88.1 cm³/mol. The molecule has 0 spiro atoms. The molecule has 0 aliphatic heterocycles. The van der Waals surface area contributed by atoms with Crippen molar-refractivity contribution >= 4 is 14.0 Å². The summed E-state index contributed by atoms with van der Waals surface area (Å²) in [6.07, 6.45) is 3.60. The lowest BCUT2D eigenvalue weighted by molar-refractivity contribution is -0.137. The molecule has 0 saturated carbocycles. The van der Waals surface area contributed by atoms with E-state index in [1.165, 1.54) is 0 Å². The quantitative estimate of drug-likeness (QED) is 0.499. The molecule has 0 amide bonds. The second-order valence-corrected chi connectivity index (χ2v) is 12.2. The molecule has 1 heterocycles. The molecule has 1 rings (SSSR count). The predicted octanol–water partition coefficient (Wildman–Crippen LogP) is 3.00.